The predicted octanol–water partition coefficient (Wildman–Crippen LogP) is 1.10. The van der Waals surface area contributed by atoms with Gasteiger partial charge in [-0.15, -0.1) is 0 Å². The number of hydrogen-bond donors (Lipinski definition) is 3. The Morgan fingerprint density at radius 1 is 1.29 bits per heavy atom. The van der Waals surface area contributed by atoms with Gasteiger partial charge < -0.3 is 20.4 Å². The number of H-pyrrole nitrogens is 1. The lowest BCUT2D eigenvalue weighted by atomic mass is 10.00. The molecular weight excluding hydrogens is 270 g/mol. The van der Waals surface area contributed by atoms with E-state index in [-0.39, 0.29) is 18.0 Å². The molecule has 3 heterocycles. The maximum Gasteiger partial charge on any atom is 0.407 e. The highest BCUT2D eigenvalue weighted by Crippen LogP contribution is 2.26. The van der Waals surface area contributed by atoms with Gasteiger partial charge in [0.15, 0.2) is 0 Å². The van der Waals surface area contributed by atoms with Gasteiger partial charge in [0.25, 0.3) is 5.91 Å². The van der Waals surface area contributed by atoms with E-state index in [1.807, 2.05) is 12.1 Å². The number of aromatic amines is 1. The van der Waals surface area contributed by atoms with Crippen molar-refractivity contribution in [3.05, 3.63) is 35.0 Å². The van der Waals surface area contributed by atoms with Gasteiger partial charge in [0, 0.05) is 17.4 Å². The average Bonchev–Trinajstić information content (AvgIpc) is 3.04. The van der Waals surface area contributed by atoms with E-state index in [1.165, 1.54) is 0 Å². The number of fused-ring (bicyclic) bond motifs is 3. The number of aromatic nitrogens is 1. The Kier molecular flexibility index (Phi) is 2.63. The van der Waals surface area contributed by atoms with E-state index in [0.29, 0.717) is 18.8 Å². The van der Waals surface area contributed by atoms with Crippen LogP contribution in [0.5, 0.6) is 0 Å². The molecular formula is C15H15N3O3. The van der Waals surface area contributed by atoms with Gasteiger partial charge in [-0.1, -0.05) is 6.07 Å². The molecule has 1 atom stereocenters. The molecule has 2 aromatic rings. The fourth-order valence-electron chi connectivity index (χ4n) is 3.09. The highest BCUT2D eigenvalue weighted by Gasteiger charge is 2.24. The summed E-state index contributed by atoms with van der Waals surface area (Å²) in [7, 11) is 0. The minimum absolute atomic E-state index is 0.0213. The normalized spacial score (nSPS) is 20.9. The van der Waals surface area contributed by atoms with E-state index < -0.39 is 0 Å². The summed E-state index contributed by atoms with van der Waals surface area (Å²) in [4.78, 5) is 26.1. The zero-order chi connectivity index (χ0) is 14.4. The number of hydrogen-bond acceptors (Lipinski definition) is 3. The molecule has 0 saturated carbocycles. The highest BCUT2D eigenvalue weighted by molar-refractivity contribution is 6.02. The molecule has 6 heteroatoms. The number of ether oxygens (including phenoxy) is 1. The van der Waals surface area contributed by atoms with Gasteiger partial charge in [-0.05, 0) is 36.1 Å². The lowest BCUT2D eigenvalue weighted by Crippen LogP contribution is -2.31. The first-order valence-corrected chi connectivity index (χ1v) is 7.05. The summed E-state index contributed by atoms with van der Waals surface area (Å²) in [6.07, 6.45) is 1.22. The zero-order valence-electron chi connectivity index (χ0n) is 11.4. The largest absolute Gasteiger partial charge is 0.447 e. The number of alkyl carbamates (subject to hydrolysis) is 1. The third kappa shape index (κ3) is 2.03. The first-order chi connectivity index (χ1) is 10.2. The molecule has 4 rings (SSSR count). The summed E-state index contributed by atoms with van der Waals surface area (Å²) in [5.41, 5.74) is 3.87. The number of nitrogens with one attached hydrogen (secondary N) is 3. The van der Waals surface area contributed by atoms with Crippen molar-refractivity contribution in [2.24, 2.45) is 0 Å². The van der Waals surface area contributed by atoms with Crippen molar-refractivity contribution >= 4 is 22.9 Å². The van der Waals surface area contributed by atoms with Gasteiger partial charge >= 0.3 is 6.09 Å². The van der Waals surface area contributed by atoms with Crippen molar-refractivity contribution in [1.29, 1.82) is 0 Å². The molecule has 1 saturated heterocycles. The van der Waals surface area contributed by atoms with E-state index in [1.54, 1.807) is 0 Å². The van der Waals surface area contributed by atoms with Crippen LogP contribution in [0.4, 0.5) is 4.79 Å². The fraction of sp³-hybridized carbons (Fsp3) is 0.333. The number of carbonyl (C=O) groups excluding carboxylic acids is 2. The third-order valence-electron chi connectivity index (χ3n) is 4.08. The average molecular weight is 285 g/mol. The smallest absolute Gasteiger partial charge is 0.407 e. The number of cyclic esters (lactones) is 1. The van der Waals surface area contributed by atoms with Crippen molar-refractivity contribution in [3.8, 4) is 0 Å². The van der Waals surface area contributed by atoms with E-state index in [9.17, 15) is 9.59 Å². The lowest BCUT2D eigenvalue weighted by Gasteiger charge is -2.12. The molecule has 1 aromatic heterocycles. The van der Waals surface area contributed by atoms with Crippen LogP contribution in [0.15, 0.2) is 18.2 Å². The monoisotopic (exact) mass is 285 g/mol. The van der Waals surface area contributed by atoms with Gasteiger partial charge in [-0.3, -0.25) is 4.79 Å². The van der Waals surface area contributed by atoms with Crippen LogP contribution in [-0.2, 0) is 17.6 Å². The van der Waals surface area contributed by atoms with Crippen LogP contribution < -0.4 is 10.6 Å². The second-order valence-corrected chi connectivity index (χ2v) is 5.51. The number of benzene rings is 1. The fourth-order valence-corrected chi connectivity index (χ4v) is 3.09. The van der Waals surface area contributed by atoms with Crippen molar-refractivity contribution in [2.45, 2.75) is 18.9 Å². The molecule has 3 N–H and O–H groups in total. The van der Waals surface area contributed by atoms with E-state index in [0.717, 1.165) is 34.9 Å². The molecule has 1 fully saturated rings. The summed E-state index contributed by atoms with van der Waals surface area (Å²) >= 11 is 0. The van der Waals surface area contributed by atoms with Gasteiger partial charge in [-0.25, -0.2) is 4.79 Å². The second kappa shape index (κ2) is 4.51. The number of amides is 2. The number of rotatable bonds is 2. The SMILES string of the molecule is O=C1NC(Cc2ccc3[nH]c4c(c3c2)CCNC4=O)CO1. The van der Waals surface area contributed by atoms with E-state index >= 15 is 0 Å². The Morgan fingerprint density at radius 3 is 3.00 bits per heavy atom. The molecule has 2 aliphatic rings. The van der Waals surface area contributed by atoms with Crippen molar-refractivity contribution in [2.75, 3.05) is 13.2 Å². The summed E-state index contributed by atoms with van der Waals surface area (Å²) in [6, 6.07) is 6.14. The molecule has 1 unspecified atom stereocenters. The molecule has 0 aliphatic carbocycles. The highest BCUT2D eigenvalue weighted by atomic mass is 16.6. The van der Waals surface area contributed by atoms with E-state index in [4.69, 9.17) is 4.74 Å². The standard InChI is InChI=1S/C15H15N3O3/c19-14-13-10(3-4-16-14)11-6-8(1-2-12(11)18-13)5-9-7-21-15(20)17-9/h1-2,6,9,18H,3-5,7H2,(H,16,19)(H,17,20). The van der Waals surface area contributed by atoms with Crippen LogP contribution in [0.2, 0.25) is 0 Å². The van der Waals surface area contributed by atoms with E-state index in [2.05, 4.69) is 21.7 Å². The van der Waals surface area contributed by atoms with Crippen LogP contribution >= 0.6 is 0 Å². The van der Waals surface area contributed by atoms with Crippen molar-refractivity contribution in [3.63, 3.8) is 0 Å². The molecule has 0 spiro atoms. The molecule has 0 bridgehead atoms. The Bertz CT molecular complexity index is 750. The lowest BCUT2D eigenvalue weighted by molar-refractivity contribution is 0.0942. The summed E-state index contributed by atoms with van der Waals surface area (Å²) in [5.74, 6) is -0.0366. The maximum absolute atomic E-state index is 11.8. The first-order valence-electron chi connectivity index (χ1n) is 7.05. The molecule has 21 heavy (non-hydrogen) atoms. The van der Waals surface area contributed by atoms with Gasteiger partial charge in [0.2, 0.25) is 0 Å². The molecule has 0 radical (unpaired) electrons. The predicted molar refractivity (Wildman–Crippen MR) is 76.3 cm³/mol. The van der Waals surface area contributed by atoms with Gasteiger partial charge in [0.1, 0.15) is 12.3 Å². The Hall–Kier alpha value is -2.50. The summed E-state index contributed by atoms with van der Waals surface area (Å²) in [6.45, 7) is 1.08. The summed E-state index contributed by atoms with van der Waals surface area (Å²) < 4.78 is 4.91. The van der Waals surface area contributed by atoms with Crippen molar-refractivity contribution < 1.29 is 14.3 Å². The second-order valence-electron chi connectivity index (χ2n) is 5.51. The molecule has 6 nitrogen and oxygen atoms in total. The molecule has 1 aromatic carbocycles. The van der Waals surface area contributed by atoms with Crippen LogP contribution in [0.25, 0.3) is 10.9 Å². The van der Waals surface area contributed by atoms with Crippen LogP contribution in [0.1, 0.15) is 21.6 Å². The Morgan fingerprint density at radius 2 is 2.19 bits per heavy atom. The minimum Gasteiger partial charge on any atom is -0.447 e. The number of carbonyl (C=O) groups is 2. The Labute approximate surface area is 120 Å². The van der Waals surface area contributed by atoms with Crippen molar-refractivity contribution in [1.82, 2.24) is 15.6 Å². The quantitative estimate of drug-likeness (QED) is 0.772. The topological polar surface area (TPSA) is 83.2 Å². The molecule has 2 amide bonds. The van der Waals surface area contributed by atoms with Crippen LogP contribution in [0, 0.1) is 0 Å². The first kappa shape index (κ1) is 12.3. The third-order valence-corrected chi connectivity index (χ3v) is 4.08. The minimum atomic E-state index is -0.350. The van der Waals surface area contributed by atoms with Crippen LogP contribution in [0.3, 0.4) is 0 Å². The molecule has 108 valence electrons. The molecule has 2 aliphatic heterocycles. The zero-order valence-corrected chi connectivity index (χ0v) is 11.4. The Balaban J connectivity index is 1.69. The van der Waals surface area contributed by atoms with Gasteiger partial charge in [-0.2, -0.15) is 0 Å². The maximum atomic E-state index is 11.8. The van der Waals surface area contributed by atoms with Crippen LogP contribution in [-0.4, -0.2) is 36.2 Å². The van der Waals surface area contributed by atoms with Gasteiger partial charge in [0.05, 0.1) is 6.04 Å². The summed E-state index contributed by atoms with van der Waals surface area (Å²) in [5, 5.41) is 6.72.